The molecule has 132 valence electrons. The van der Waals surface area contributed by atoms with Crippen molar-refractivity contribution in [3.05, 3.63) is 30.1 Å². The van der Waals surface area contributed by atoms with E-state index < -0.39 is 0 Å². The van der Waals surface area contributed by atoms with Crippen LogP contribution < -0.4 is 10.6 Å². The van der Waals surface area contributed by atoms with E-state index in [1.165, 1.54) is 18.6 Å². The Bertz CT molecular complexity index is 557. The summed E-state index contributed by atoms with van der Waals surface area (Å²) in [6.07, 6.45) is 4.46. The monoisotopic (exact) mass is 334 g/mol. The van der Waals surface area contributed by atoms with Crippen molar-refractivity contribution < 1.29 is 9.13 Å². The van der Waals surface area contributed by atoms with Crippen LogP contribution in [-0.4, -0.2) is 56.3 Å². The van der Waals surface area contributed by atoms with Crippen LogP contribution in [0.15, 0.2) is 29.3 Å². The van der Waals surface area contributed by atoms with Gasteiger partial charge in [-0.05, 0) is 49.9 Å². The Morgan fingerprint density at radius 2 is 1.88 bits per heavy atom. The number of methoxy groups -OCH3 is 1. The number of halogens is 1. The fourth-order valence-corrected chi connectivity index (χ4v) is 3.45. The largest absolute Gasteiger partial charge is 0.378 e. The lowest BCUT2D eigenvalue weighted by Gasteiger charge is -2.40. The SMILES string of the molecule is COC1(CCN=C(N)N2CCN(c3ccc(F)cc3)CC2)CCC1. The second kappa shape index (κ2) is 7.38. The average molecular weight is 334 g/mol. The lowest BCUT2D eigenvalue weighted by atomic mass is 9.77. The molecule has 0 amide bonds. The number of ether oxygens (including phenoxy) is 1. The molecular formula is C18H27FN4O. The van der Waals surface area contributed by atoms with Gasteiger partial charge in [0.15, 0.2) is 5.96 Å². The summed E-state index contributed by atoms with van der Waals surface area (Å²) < 4.78 is 18.6. The van der Waals surface area contributed by atoms with Crippen LogP contribution in [0.2, 0.25) is 0 Å². The molecule has 0 radical (unpaired) electrons. The van der Waals surface area contributed by atoms with Gasteiger partial charge in [-0.2, -0.15) is 0 Å². The molecular weight excluding hydrogens is 307 g/mol. The summed E-state index contributed by atoms with van der Waals surface area (Å²) in [6.45, 7) is 4.12. The Morgan fingerprint density at radius 1 is 1.21 bits per heavy atom. The zero-order valence-electron chi connectivity index (χ0n) is 14.4. The lowest BCUT2D eigenvalue weighted by Crippen LogP contribution is -2.51. The fourth-order valence-electron chi connectivity index (χ4n) is 3.45. The van der Waals surface area contributed by atoms with Gasteiger partial charge in [0.2, 0.25) is 0 Å². The van der Waals surface area contributed by atoms with Crippen molar-refractivity contribution in [1.82, 2.24) is 4.90 Å². The first-order valence-electron chi connectivity index (χ1n) is 8.72. The third-order valence-corrected chi connectivity index (χ3v) is 5.33. The van der Waals surface area contributed by atoms with Crippen LogP contribution in [0.5, 0.6) is 0 Å². The summed E-state index contributed by atoms with van der Waals surface area (Å²) >= 11 is 0. The van der Waals surface area contributed by atoms with Crippen LogP contribution in [0.3, 0.4) is 0 Å². The van der Waals surface area contributed by atoms with E-state index in [-0.39, 0.29) is 11.4 Å². The van der Waals surface area contributed by atoms with Crippen molar-refractivity contribution in [3.8, 4) is 0 Å². The molecule has 0 aromatic heterocycles. The van der Waals surface area contributed by atoms with Gasteiger partial charge >= 0.3 is 0 Å². The average Bonchev–Trinajstić information content (AvgIpc) is 2.58. The topological polar surface area (TPSA) is 54.1 Å². The highest BCUT2D eigenvalue weighted by molar-refractivity contribution is 5.78. The molecule has 0 atom stereocenters. The van der Waals surface area contributed by atoms with E-state index in [1.807, 2.05) is 12.1 Å². The van der Waals surface area contributed by atoms with Gasteiger partial charge in [-0.25, -0.2) is 4.39 Å². The van der Waals surface area contributed by atoms with Crippen molar-refractivity contribution >= 4 is 11.6 Å². The molecule has 1 aliphatic carbocycles. The first-order chi connectivity index (χ1) is 11.6. The van der Waals surface area contributed by atoms with E-state index in [0.717, 1.165) is 57.7 Å². The second-order valence-corrected chi connectivity index (χ2v) is 6.68. The quantitative estimate of drug-likeness (QED) is 0.663. The normalized spacial score (nSPS) is 20.8. The highest BCUT2D eigenvalue weighted by Crippen LogP contribution is 2.37. The first kappa shape index (κ1) is 17.0. The number of nitrogens with zero attached hydrogens (tertiary/aromatic N) is 3. The zero-order valence-corrected chi connectivity index (χ0v) is 14.4. The number of hydrogen-bond donors (Lipinski definition) is 1. The molecule has 24 heavy (non-hydrogen) atoms. The van der Waals surface area contributed by atoms with Gasteiger partial charge in [-0.3, -0.25) is 4.99 Å². The molecule has 2 aliphatic rings. The van der Waals surface area contributed by atoms with Crippen LogP contribution in [-0.2, 0) is 4.74 Å². The Morgan fingerprint density at radius 3 is 2.42 bits per heavy atom. The third kappa shape index (κ3) is 3.80. The van der Waals surface area contributed by atoms with Crippen LogP contribution in [0.1, 0.15) is 25.7 Å². The summed E-state index contributed by atoms with van der Waals surface area (Å²) in [6, 6.07) is 6.66. The van der Waals surface area contributed by atoms with Crippen molar-refractivity contribution in [2.24, 2.45) is 10.7 Å². The Labute approximate surface area is 143 Å². The minimum absolute atomic E-state index is 0.0467. The summed E-state index contributed by atoms with van der Waals surface area (Å²) in [4.78, 5) is 8.92. The molecule has 1 heterocycles. The fraction of sp³-hybridized carbons (Fsp3) is 0.611. The molecule has 0 bridgehead atoms. The van der Waals surface area contributed by atoms with Gasteiger partial charge in [0.1, 0.15) is 5.82 Å². The Balaban J connectivity index is 1.47. The maximum atomic E-state index is 13.0. The number of rotatable bonds is 5. The van der Waals surface area contributed by atoms with E-state index in [2.05, 4.69) is 14.8 Å². The van der Waals surface area contributed by atoms with Crippen LogP contribution in [0, 0.1) is 5.82 Å². The van der Waals surface area contributed by atoms with Gasteiger partial charge in [0.25, 0.3) is 0 Å². The molecule has 1 aromatic rings. The summed E-state index contributed by atoms with van der Waals surface area (Å²) in [7, 11) is 1.79. The van der Waals surface area contributed by atoms with Crippen molar-refractivity contribution in [1.29, 1.82) is 0 Å². The molecule has 0 spiro atoms. The minimum atomic E-state index is -0.200. The van der Waals surface area contributed by atoms with Gasteiger partial charge in [-0.15, -0.1) is 0 Å². The summed E-state index contributed by atoms with van der Waals surface area (Å²) in [5.74, 6) is 0.424. The van der Waals surface area contributed by atoms with Crippen LogP contribution in [0.25, 0.3) is 0 Å². The number of piperazine rings is 1. The van der Waals surface area contributed by atoms with Crippen LogP contribution in [0.4, 0.5) is 10.1 Å². The number of benzene rings is 1. The Hall–Kier alpha value is -1.82. The number of aliphatic imine (C=N–C) groups is 1. The standard InChI is InChI=1S/C18H27FN4O/c1-24-18(7-2-8-18)9-10-21-17(20)23-13-11-22(12-14-23)16-5-3-15(19)4-6-16/h3-6H,2,7-14H2,1H3,(H2,20,21). The number of hydrogen-bond acceptors (Lipinski definition) is 3. The van der Waals surface area contributed by atoms with Crippen LogP contribution >= 0.6 is 0 Å². The molecule has 1 saturated heterocycles. The Kier molecular flexibility index (Phi) is 5.23. The second-order valence-electron chi connectivity index (χ2n) is 6.68. The third-order valence-electron chi connectivity index (χ3n) is 5.33. The predicted molar refractivity (Wildman–Crippen MR) is 94.9 cm³/mol. The highest BCUT2D eigenvalue weighted by atomic mass is 19.1. The minimum Gasteiger partial charge on any atom is -0.378 e. The van der Waals surface area contributed by atoms with Crippen molar-refractivity contribution in [2.75, 3.05) is 44.7 Å². The van der Waals surface area contributed by atoms with Gasteiger partial charge in [0, 0.05) is 45.5 Å². The van der Waals surface area contributed by atoms with Gasteiger partial charge in [0.05, 0.1) is 5.60 Å². The molecule has 1 saturated carbocycles. The summed E-state index contributed by atoms with van der Waals surface area (Å²) in [5.41, 5.74) is 7.25. The van der Waals surface area contributed by atoms with Gasteiger partial charge < -0.3 is 20.3 Å². The van der Waals surface area contributed by atoms with Gasteiger partial charge in [-0.1, -0.05) is 0 Å². The number of guanidine groups is 1. The van der Waals surface area contributed by atoms with Crippen molar-refractivity contribution in [2.45, 2.75) is 31.3 Å². The van der Waals surface area contributed by atoms with Crippen molar-refractivity contribution in [3.63, 3.8) is 0 Å². The molecule has 0 unspecified atom stereocenters. The van der Waals surface area contributed by atoms with E-state index in [0.29, 0.717) is 5.96 Å². The smallest absolute Gasteiger partial charge is 0.191 e. The highest BCUT2D eigenvalue weighted by Gasteiger charge is 2.36. The maximum Gasteiger partial charge on any atom is 0.191 e. The summed E-state index contributed by atoms with van der Waals surface area (Å²) in [5, 5.41) is 0. The molecule has 2 N–H and O–H groups in total. The molecule has 5 nitrogen and oxygen atoms in total. The zero-order chi connectivity index (χ0) is 17.0. The van der Waals surface area contributed by atoms with E-state index in [4.69, 9.17) is 10.5 Å². The number of nitrogens with two attached hydrogens (primary N) is 1. The number of anilines is 1. The predicted octanol–water partition coefficient (Wildman–Crippen LogP) is 2.22. The maximum absolute atomic E-state index is 13.0. The molecule has 2 fully saturated rings. The van der Waals surface area contributed by atoms with E-state index in [9.17, 15) is 4.39 Å². The lowest BCUT2D eigenvalue weighted by molar-refractivity contribution is -0.0754. The molecule has 1 aliphatic heterocycles. The van der Waals surface area contributed by atoms with E-state index >= 15 is 0 Å². The first-order valence-corrected chi connectivity index (χ1v) is 8.72. The molecule has 6 heteroatoms. The van der Waals surface area contributed by atoms with E-state index in [1.54, 1.807) is 7.11 Å². The molecule has 1 aromatic carbocycles. The molecule has 3 rings (SSSR count).